The van der Waals surface area contributed by atoms with Crippen molar-refractivity contribution in [1.82, 2.24) is 20.2 Å². The highest BCUT2D eigenvalue weighted by atomic mass is 16.5. The van der Waals surface area contributed by atoms with Gasteiger partial charge < -0.3 is 0 Å². The molecule has 0 spiro atoms. The van der Waals surface area contributed by atoms with E-state index in [1.54, 1.807) is 11.6 Å². The van der Waals surface area contributed by atoms with Crippen molar-refractivity contribution in [2.24, 2.45) is 0 Å². The van der Waals surface area contributed by atoms with E-state index in [2.05, 4.69) is 49.4 Å². The normalized spacial score (nSPS) is 11.5. The predicted molar refractivity (Wildman–Crippen MR) is 121 cm³/mol. The largest absolute Gasteiger partial charge is 0.299 e. The van der Waals surface area contributed by atoms with Crippen molar-refractivity contribution in [3.05, 3.63) is 58.4 Å². The zero-order valence-electron chi connectivity index (χ0n) is 18.8. The van der Waals surface area contributed by atoms with Gasteiger partial charge in [-0.1, -0.05) is 44.5 Å². The molecular weight excluding hydrogens is 376 g/mol. The van der Waals surface area contributed by atoms with Gasteiger partial charge in [-0.25, -0.2) is 5.48 Å². The fraction of sp³-hybridized carbons (Fsp3) is 0.500. The Balaban J connectivity index is 1.99. The summed E-state index contributed by atoms with van der Waals surface area (Å²) in [5, 5.41) is 13.3. The lowest BCUT2D eigenvalue weighted by Gasteiger charge is -2.22. The predicted octanol–water partition coefficient (Wildman–Crippen LogP) is 4.27. The van der Waals surface area contributed by atoms with Crippen LogP contribution in [0.15, 0.2) is 30.3 Å². The zero-order chi connectivity index (χ0) is 21.9. The standard InChI is InChI=1S/C24H36N4O2/c1-5-7-16-28-20(4)23(19(3)25-28)14-17-27(15-6-2)18-22-10-8-21(9-11-22)12-13-24(29)26-30/h8-13,30H,5-7,14-18H2,1-4H3,(H,26,29)/b13-12+. The molecule has 164 valence electrons. The second-order valence-electron chi connectivity index (χ2n) is 7.80. The lowest BCUT2D eigenvalue weighted by molar-refractivity contribution is -0.124. The highest BCUT2D eigenvalue weighted by Gasteiger charge is 2.13. The summed E-state index contributed by atoms with van der Waals surface area (Å²) in [5.41, 5.74) is 7.62. The minimum absolute atomic E-state index is 0.531. The van der Waals surface area contributed by atoms with Crippen molar-refractivity contribution < 1.29 is 10.0 Å². The van der Waals surface area contributed by atoms with Crippen molar-refractivity contribution in [1.29, 1.82) is 0 Å². The zero-order valence-corrected chi connectivity index (χ0v) is 18.8. The maximum absolute atomic E-state index is 11.1. The summed E-state index contributed by atoms with van der Waals surface area (Å²) in [4.78, 5) is 13.6. The van der Waals surface area contributed by atoms with E-state index in [4.69, 9.17) is 10.3 Å². The number of rotatable bonds is 12. The number of hydroxylamine groups is 1. The topological polar surface area (TPSA) is 70.4 Å². The molecule has 30 heavy (non-hydrogen) atoms. The minimum atomic E-state index is -0.531. The molecular formula is C24H36N4O2. The fourth-order valence-corrected chi connectivity index (χ4v) is 3.68. The highest BCUT2D eigenvalue weighted by molar-refractivity contribution is 5.90. The van der Waals surface area contributed by atoms with Crippen LogP contribution in [0.4, 0.5) is 0 Å². The van der Waals surface area contributed by atoms with Crippen molar-refractivity contribution in [3.63, 3.8) is 0 Å². The Morgan fingerprint density at radius 3 is 2.53 bits per heavy atom. The minimum Gasteiger partial charge on any atom is -0.299 e. The van der Waals surface area contributed by atoms with E-state index in [1.807, 2.05) is 12.1 Å². The summed E-state index contributed by atoms with van der Waals surface area (Å²) in [7, 11) is 0. The summed E-state index contributed by atoms with van der Waals surface area (Å²) in [6.45, 7) is 12.7. The van der Waals surface area contributed by atoms with E-state index in [-0.39, 0.29) is 0 Å². The molecule has 2 rings (SSSR count). The van der Waals surface area contributed by atoms with Crippen LogP contribution in [-0.4, -0.2) is 38.9 Å². The number of carbonyl (C=O) groups excluding carboxylic acids is 1. The van der Waals surface area contributed by atoms with Crippen LogP contribution < -0.4 is 5.48 Å². The number of aryl methyl sites for hydroxylation is 2. The lowest BCUT2D eigenvalue weighted by atomic mass is 10.1. The van der Waals surface area contributed by atoms with Crippen LogP contribution in [0, 0.1) is 13.8 Å². The SMILES string of the molecule is CCCCn1nc(C)c(CCN(CCC)Cc2ccc(/C=C/C(=O)NO)cc2)c1C. The average Bonchev–Trinajstić information content (AvgIpc) is 3.02. The summed E-state index contributed by atoms with van der Waals surface area (Å²) < 4.78 is 2.17. The van der Waals surface area contributed by atoms with Gasteiger partial charge >= 0.3 is 0 Å². The lowest BCUT2D eigenvalue weighted by Crippen LogP contribution is -2.26. The molecule has 1 aromatic heterocycles. The van der Waals surface area contributed by atoms with E-state index < -0.39 is 5.91 Å². The molecule has 0 bridgehead atoms. The van der Waals surface area contributed by atoms with Crippen LogP contribution in [0.5, 0.6) is 0 Å². The van der Waals surface area contributed by atoms with Gasteiger partial charge in [0.2, 0.25) is 0 Å². The Morgan fingerprint density at radius 1 is 1.17 bits per heavy atom. The van der Waals surface area contributed by atoms with E-state index in [0.717, 1.165) is 50.3 Å². The molecule has 6 nitrogen and oxygen atoms in total. The van der Waals surface area contributed by atoms with Crippen molar-refractivity contribution in [2.45, 2.75) is 66.5 Å². The maximum atomic E-state index is 11.1. The highest BCUT2D eigenvalue weighted by Crippen LogP contribution is 2.16. The Morgan fingerprint density at radius 2 is 1.90 bits per heavy atom. The Kier molecular flexibility index (Phi) is 9.77. The van der Waals surface area contributed by atoms with Crippen LogP contribution in [0.25, 0.3) is 6.08 Å². The van der Waals surface area contributed by atoms with Gasteiger partial charge in [-0.15, -0.1) is 0 Å². The third kappa shape index (κ3) is 7.11. The third-order valence-corrected chi connectivity index (χ3v) is 5.40. The van der Waals surface area contributed by atoms with Gasteiger partial charge in [-0.05, 0) is 62.4 Å². The van der Waals surface area contributed by atoms with Crippen molar-refractivity contribution in [2.75, 3.05) is 13.1 Å². The van der Waals surface area contributed by atoms with Gasteiger partial charge in [-0.3, -0.25) is 19.6 Å². The number of hydrogen-bond acceptors (Lipinski definition) is 4. The molecule has 0 fully saturated rings. The quantitative estimate of drug-likeness (QED) is 0.310. The molecule has 6 heteroatoms. The molecule has 1 amide bonds. The number of unbranched alkanes of at least 4 members (excludes halogenated alkanes) is 1. The average molecular weight is 413 g/mol. The summed E-state index contributed by atoms with van der Waals surface area (Å²) in [5.74, 6) is -0.531. The van der Waals surface area contributed by atoms with Crippen molar-refractivity contribution in [3.8, 4) is 0 Å². The first kappa shape index (κ1) is 23.8. The molecule has 1 aromatic carbocycles. The smallest absolute Gasteiger partial charge is 0.267 e. The number of amides is 1. The Labute approximate surface area is 180 Å². The fourth-order valence-electron chi connectivity index (χ4n) is 3.68. The molecule has 2 aromatic rings. The summed E-state index contributed by atoms with van der Waals surface area (Å²) in [6.07, 6.45) is 7.47. The van der Waals surface area contributed by atoms with Gasteiger partial charge in [0, 0.05) is 31.4 Å². The first-order chi connectivity index (χ1) is 14.5. The van der Waals surface area contributed by atoms with E-state index in [0.29, 0.717) is 0 Å². The molecule has 0 aliphatic rings. The van der Waals surface area contributed by atoms with Gasteiger partial charge in [-0.2, -0.15) is 5.10 Å². The monoisotopic (exact) mass is 412 g/mol. The van der Waals surface area contributed by atoms with Crippen LogP contribution in [0.2, 0.25) is 0 Å². The molecule has 0 aliphatic carbocycles. The molecule has 1 heterocycles. The second-order valence-corrected chi connectivity index (χ2v) is 7.80. The van der Waals surface area contributed by atoms with Gasteiger partial charge in [0.1, 0.15) is 0 Å². The van der Waals surface area contributed by atoms with Gasteiger partial charge in [0.25, 0.3) is 5.91 Å². The molecule has 0 aliphatic heterocycles. The number of hydrogen-bond donors (Lipinski definition) is 2. The number of nitrogens with zero attached hydrogens (tertiary/aromatic N) is 3. The first-order valence-corrected chi connectivity index (χ1v) is 10.9. The van der Waals surface area contributed by atoms with Gasteiger partial charge in [0.05, 0.1) is 5.69 Å². The third-order valence-electron chi connectivity index (χ3n) is 5.40. The number of carbonyl (C=O) groups is 1. The summed E-state index contributed by atoms with van der Waals surface area (Å²) >= 11 is 0. The van der Waals surface area contributed by atoms with E-state index in [9.17, 15) is 4.79 Å². The number of nitrogens with one attached hydrogen (secondary N) is 1. The van der Waals surface area contributed by atoms with Crippen LogP contribution in [0.3, 0.4) is 0 Å². The van der Waals surface area contributed by atoms with Crippen LogP contribution in [0.1, 0.15) is 61.2 Å². The Hall–Kier alpha value is -2.44. The molecule has 0 saturated heterocycles. The van der Waals surface area contributed by atoms with Crippen molar-refractivity contribution >= 4 is 12.0 Å². The first-order valence-electron chi connectivity index (χ1n) is 10.9. The van der Waals surface area contributed by atoms with Crippen LogP contribution >= 0.6 is 0 Å². The molecule has 0 saturated carbocycles. The van der Waals surface area contributed by atoms with Crippen LogP contribution in [-0.2, 0) is 24.3 Å². The second kappa shape index (κ2) is 12.3. The van der Waals surface area contributed by atoms with E-state index in [1.165, 1.54) is 35.7 Å². The Bertz CT molecular complexity index is 824. The molecule has 0 atom stereocenters. The van der Waals surface area contributed by atoms with E-state index >= 15 is 0 Å². The molecule has 0 radical (unpaired) electrons. The molecule has 0 unspecified atom stereocenters. The number of aromatic nitrogens is 2. The molecule has 2 N–H and O–H groups in total. The van der Waals surface area contributed by atoms with Gasteiger partial charge in [0.15, 0.2) is 0 Å². The number of benzene rings is 1. The summed E-state index contributed by atoms with van der Waals surface area (Å²) in [6, 6.07) is 8.18. The maximum Gasteiger partial charge on any atom is 0.267 e.